The van der Waals surface area contributed by atoms with Crippen molar-refractivity contribution in [1.82, 2.24) is 13.5 Å². The van der Waals surface area contributed by atoms with Gasteiger partial charge >= 0.3 is 0 Å². The standard InChI is InChI=1S/C13H23N3O4S2/c17-13(14-6-10-21-11-7-14)12-2-1-3-16(12)22(18,19)15-4-8-20-9-5-15/h12H,1-11H2/t12-/m1/s1. The van der Waals surface area contributed by atoms with Crippen LogP contribution in [0.1, 0.15) is 12.8 Å². The predicted octanol–water partition coefficient (Wildman–Crippen LogP) is -0.397. The number of hydrogen-bond acceptors (Lipinski definition) is 5. The summed E-state index contributed by atoms with van der Waals surface area (Å²) in [4.78, 5) is 14.5. The predicted molar refractivity (Wildman–Crippen MR) is 84.9 cm³/mol. The summed E-state index contributed by atoms with van der Waals surface area (Å²) in [5.41, 5.74) is 0. The van der Waals surface area contributed by atoms with Crippen LogP contribution in [0, 0.1) is 0 Å². The van der Waals surface area contributed by atoms with Gasteiger partial charge in [-0.25, -0.2) is 0 Å². The Bertz CT molecular complexity index is 501. The number of nitrogens with zero attached hydrogens (tertiary/aromatic N) is 3. The first-order chi connectivity index (χ1) is 10.6. The van der Waals surface area contributed by atoms with E-state index in [0.29, 0.717) is 39.3 Å². The van der Waals surface area contributed by atoms with Crippen LogP contribution in [0.4, 0.5) is 0 Å². The van der Waals surface area contributed by atoms with Gasteiger partial charge < -0.3 is 9.64 Å². The highest BCUT2D eigenvalue weighted by Crippen LogP contribution is 2.26. The number of carbonyl (C=O) groups excluding carboxylic acids is 1. The molecular formula is C13H23N3O4S2. The summed E-state index contributed by atoms with van der Waals surface area (Å²) >= 11 is 1.84. The minimum Gasteiger partial charge on any atom is -0.379 e. The van der Waals surface area contributed by atoms with E-state index in [2.05, 4.69) is 0 Å². The molecule has 22 heavy (non-hydrogen) atoms. The van der Waals surface area contributed by atoms with Crippen LogP contribution in [0.5, 0.6) is 0 Å². The van der Waals surface area contributed by atoms with Gasteiger partial charge in [-0.3, -0.25) is 4.79 Å². The fraction of sp³-hybridized carbons (Fsp3) is 0.923. The lowest BCUT2D eigenvalue weighted by Gasteiger charge is -2.35. The molecule has 0 unspecified atom stereocenters. The molecule has 7 nitrogen and oxygen atoms in total. The van der Waals surface area contributed by atoms with Crippen molar-refractivity contribution >= 4 is 27.9 Å². The van der Waals surface area contributed by atoms with E-state index in [0.717, 1.165) is 31.0 Å². The molecule has 3 saturated heterocycles. The summed E-state index contributed by atoms with van der Waals surface area (Å²) in [5, 5.41) is 0. The normalized spacial score (nSPS) is 28.9. The maximum atomic E-state index is 12.8. The summed E-state index contributed by atoms with van der Waals surface area (Å²) in [6, 6.07) is -0.518. The average molecular weight is 349 g/mol. The second kappa shape index (κ2) is 7.04. The van der Waals surface area contributed by atoms with Gasteiger partial charge in [0, 0.05) is 44.2 Å². The molecule has 0 aromatic heterocycles. The lowest BCUT2D eigenvalue weighted by Crippen LogP contribution is -2.54. The average Bonchev–Trinajstić information content (AvgIpc) is 3.06. The molecule has 0 aliphatic carbocycles. The van der Waals surface area contributed by atoms with Crippen LogP contribution in [0.15, 0.2) is 0 Å². The van der Waals surface area contributed by atoms with Crippen LogP contribution in [0.25, 0.3) is 0 Å². The van der Waals surface area contributed by atoms with E-state index >= 15 is 0 Å². The number of amides is 1. The Labute approximate surface area is 136 Å². The van der Waals surface area contributed by atoms with Crippen molar-refractivity contribution in [3.63, 3.8) is 0 Å². The number of carbonyl (C=O) groups is 1. The highest BCUT2D eigenvalue weighted by molar-refractivity contribution is 7.99. The third-order valence-corrected chi connectivity index (χ3v) is 7.39. The van der Waals surface area contributed by atoms with Gasteiger partial charge in [0.25, 0.3) is 10.2 Å². The van der Waals surface area contributed by atoms with Gasteiger partial charge in [-0.05, 0) is 12.8 Å². The molecule has 0 spiro atoms. The van der Waals surface area contributed by atoms with E-state index < -0.39 is 16.3 Å². The molecule has 0 aromatic carbocycles. The molecule has 3 heterocycles. The Morgan fingerprint density at radius 1 is 1.05 bits per heavy atom. The van der Waals surface area contributed by atoms with E-state index in [1.54, 1.807) is 0 Å². The molecular weight excluding hydrogens is 326 g/mol. The van der Waals surface area contributed by atoms with Gasteiger partial charge in [-0.2, -0.15) is 28.8 Å². The van der Waals surface area contributed by atoms with E-state index in [4.69, 9.17) is 4.74 Å². The van der Waals surface area contributed by atoms with Crippen molar-refractivity contribution in [1.29, 1.82) is 0 Å². The highest BCUT2D eigenvalue weighted by Gasteiger charge is 2.43. The molecule has 3 aliphatic heterocycles. The summed E-state index contributed by atoms with van der Waals surface area (Å²) in [6.45, 7) is 3.50. The first-order valence-electron chi connectivity index (χ1n) is 7.82. The Hall–Kier alpha value is -0.350. The fourth-order valence-electron chi connectivity index (χ4n) is 3.18. The molecule has 3 aliphatic rings. The van der Waals surface area contributed by atoms with Crippen molar-refractivity contribution in [3.05, 3.63) is 0 Å². The maximum Gasteiger partial charge on any atom is 0.282 e. The molecule has 0 bridgehead atoms. The quantitative estimate of drug-likeness (QED) is 0.694. The van der Waals surface area contributed by atoms with Crippen LogP contribution < -0.4 is 0 Å². The van der Waals surface area contributed by atoms with Crippen molar-refractivity contribution in [2.45, 2.75) is 18.9 Å². The maximum absolute atomic E-state index is 12.8. The van der Waals surface area contributed by atoms with Crippen molar-refractivity contribution < 1.29 is 17.9 Å². The summed E-state index contributed by atoms with van der Waals surface area (Å²) in [6.07, 6.45) is 1.38. The number of ether oxygens (including phenoxy) is 1. The van der Waals surface area contributed by atoms with Crippen LogP contribution in [-0.2, 0) is 19.7 Å². The number of morpholine rings is 1. The fourth-order valence-corrected chi connectivity index (χ4v) is 5.87. The summed E-state index contributed by atoms with van der Waals surface area (Å²) < 4.78 is 33.7. The second-order valence-corrected chi connectivity index (χ2v) is 8.83. The number of hydrogen-bond donors (Lipinski definition) is 0. The number of thioether (sulfide) groups is 1. The molecule has 0 aromatic rings. The van der Waals surface area contributed by atoms with Crippen molar-refractivity contribution in [2.75, 3.05) is 57.4 Å². The summed E-state index contributed by atoms with van der Waals surface area (Å²) in [5.74, 6) is 1.86. The highest BCUT2D eigenvalue weighted by atomic mass is 32.2. The third kappa shape index (κ3) is 3.28. The monoisotopic (exact) mass is 349 g/mol. The molecule has 3 fully saturated rings. The van der Waals surface area contributed by atoms with E-state index in [-0.39, 0.29) is 5.91 Å². The molecule has 9 heteroatoms. The smallest absolute Gasteiger partial charge is 0.282 e. The van der Waals surface area contributed by atoms with Gasteiger partial charge in [0.15, 0.2) is 0 Å². The van der Waals surface area contributed by atoms with Crippen LogP contribution in [0.3, 0.4) is 0 Å². The lowest BCUT2D eigenvalue weighted by molar-refractivity contribution is -0.134. The SMILES string of the molecule is O=C([C@H]1CCCN1S(=O)(=O)N1CCOCC1)N1CCSCC1. The van der Waals surface area contributed by atoms with Gasteiger partial charge in [0.2, 0.25) is 5.91 Å². The molecule has 0 radical (unpaired) electrons. The zero-order valence-corrected chi connectivity index (χ0v) is 14.3. The minimum atomic E-state index is -3.56. The lowest BCUT2D eigenvalue weighted by atomic mass is 10.2. The Morgan fingerprint density at radius 2 is 1.73 bits per heavy atom. The second-order valence-electron chi connectivity index (χ2n) is 5.73. The topological polar surface area (TPSA) is 70.2 Å². The first-order valence-corrected chi connectivity index (χ1v) is 10.4. The van der Waals surface area contributed by atoms with Gasteiger partial charge in [0.05, 0.1) is 13.2 Å². The largest absolute Gasteiger partial charge is 0.379 e. The third-order valence-electron chi connectivity index (χ3n) is 4.40. The zero-order chi connectivity index (χ0) is 15.6. The Balaban J connectivity index is 1.72. The van der Waals surface area contributed by atoms with Gasteiger partial charge in [-0.15, -0.1) is 0 Å². The zero-order valence-electron chi connectivity index (χ0n) is 12.6. The van der Waals surface area contributed by atoms with Crippen LogP contribution >= 0.6 is 11.8 Å². The van der Waals surface area contributed by atoms with Crippen molar-refractivity contribution in [3.8, 4) is 0 Å². The number of rotatable bonds is 3. The first kappa shape index (κ1) is 16.5. The summed E-state index contributed by atoms with van der Waals surface area (Å²) in [7, 11) is -3.56. The van der Waals surface area contributed by atoms with Gasteiger partial charge in [-0.1, -0.05) is 0 Å². The molecule has 1 amide bonds. The molecule has 3 rings (SSSR count). The molecule has 1 atom stereocenters. The molecule has 0 N–H and O–H groups in total. The molecule has 126 valence electrons. The van der Waals surface area contributed by atoms with Crippen LogP contribution in [0.2, 0.25) is 0 Å². The van der Waals surface area contributed by atoms with Gasteiger partial charge in [0.1, 0.15) is 6.04 Å². The molecule has 0 saturated carbocycles. The Kier molecular flexibility index (Phi) is 5.28. The Morgan fingerprint density at radius 3 is 2.41 bits per heavy atom. The van der Waals surface area contributed by atoms with E-state index in [9.17, 15) is 13.2 Å². The van der Waals surface area contributed by atoms with Crippen molar-refractivity contribution in [2.24, 2.45) is 0 Å². The minimum absolute atomic E-state index is 0.0189. The van der Waals surface area contributed by atoms with E-state index in [1.165, 1.54) is 8.61 Å². The van der Waals surface area contributed by atoms with Crippen LogP contribution in [-0.4, -0.2) is 91.3 Å². The van der Waals surface area contributed by atoms with E-state index in [1.807, 2.05) is 16.7 Å².